The molecule has 21 heavy (non-hydrogen) atoms. The van der Waals surface area contributed by atoms with Crippen molar-refractivity contribution in [2.45, 2.75) is 18.6 Å². The Kier molecular flexibility index (Phi) is 2.94. The van der Waals surface area contributed by atoms with E-state index in [-0.39, 0.29) is 5.56 Å². The molecule has 2 aliphatic rings. The summed E-state index contributed by atoms with van der Waals surface area (Å²) < 4.78 is 13.0. The number of rotatable bonds is 1. The minimum absolute atomic E-state index is 0.0516. The van der Waals surface area contributed by atoms with Gasteiger partial charge in [-0.05, 0) is 12.1 Å². The molecule has 6 heteroatoms. The quantitative estimate of drug-likeness (QED) is 0.784. The molecule has 0 unspecified atom stereocenters. The van der Waals surface area contributed by atoms with E-state index >= 15 is 0 Å². The molecular formula is C15H17N3O3. The van der Waals surface area contributed by atoms with Gasteiger partial charge in [-0.25, -0.2) is 4.98 Å². The SMILES string of the molecule is O=c1cc(N2CCC3(CC2)OCCO3)nc2ccccn12. The molecule has 4 heterocycles. The van der Waals surface area contributed by atoms with Crippen LogP contribution in [0.3, 0.4) is 0 Å². The molecule has 0 saturated carbocycles. The van der Waals surface area contributed by atoms with Crippen LogP contribution in [0.2, 0.25) is 0 Å². The lowest BCUT2D eigenvalue weighted by atomic mass is 10.0. The molecular weight excluding hydrogens is 270 g/mol. The van der Waals surface area contributed by atoms with Crippen molar-refractivity contribution in [3.8, 4) is 0 Å². The molecule has 0 amide bonds. The van der Waals surface area contributed by atoms with Crippen molar-refractivity contribution in [2.24, 2.45) is 0 Å². The average Bonchev–Trinajstić information content (AvgIpc) is 2.96. The second-order valence-electron chi connectivity index (χ2n) is 5.48. The number of piperidine rings is 1. The molecule has 2 aromatic heterocycles. The fourth-order valence-electron chi connectivity index (χ4n) is 3.07. The fraction of sp³-hybridized carbons (Fsp3) is 0.467. The molecule has 0 aliphatic carbocycles. The summed E-state index contributed by atoms with van der Waals surface area (Å²) in [7, 11) is 0. The van der Waals surface area contributed by atoms with Gasteiger partial charge >= 0.3 is 0 Å². The van der Waals surface area contributed by atoms with Crippen LogP contribution in [0.5, 0.6) is 0 Å². The molecule has 2 aromatic rings. The van der Waals surface area contributed by atoms with Crippen LogP contribution < -0.4 is 10.5 Å². The number of hydrogen-bond donors (Lipinski definition) is 0. The van der Waals surface area contributed by atoms with Gasteiger partial charge in [0.25, 0.3) is 5.56 Å². The normalized spacial score (nSPS) is 21.2. The van der Waals surface area contributed by atoms with Gasteiger partial charge in [-0.1, -0.05) is 6.07 Å². The van der Waals surface area contributed by atoms with E-state index in [0.29, 0.717) is 18.9 Å². The zero-order chi connectivity index (χ0) is 14.3. The Morgan fingerprint density at radius 2 is 1.90 bits per heavy atom. The smallest absolute Gasteiger partial charge is 0.259 e. The Bertz CT molecular complexity index is 711. The van der Waals surface area contributed by atoms with Gasteiger partial charge in [-0.3, -0.25) is 9.20 Å². The second kappa shape index (κ2) is 4.82. The summed E-state index contributed by atoms with van der Waals surface area (Å²) in [5.74, 6) is 0.335. The van der Waals surface area contributed by atoms with E-state index in [2.05, 4.69) is 9.88 Å². The third-order valence-corrected chi connectivity index (χ3v) is 4.22. The van der Waals surface area contributed by atoms with Gasteiger partial charge in [-0.15, -0.1) is 0 Å². The number of aromatic nitrogens is 2. The van der Waals surface area contributed by atoms with Crippen LogP contribution in [0.15, 0.2) is 35.3 Å². The largest absolute Gasteiger partial charge is 0.356 e. The first-order chi connectivity index (χ1) is 10.3. The van der Waals surface area contributed by atoms with E-state index in [9.17, 15) is 4.79 Å². The summed E-state index contributed by atoms with van der Waals surface area (Å²) in [4.78, 5) is 18.9. The van der Waals surface area contributed by atoms with Crippen LogP contribution in [0.25, 0.3) is 5.65 Å². The molecule has 0 aromatic carbocycles. The van der Waals surface area contributed by atoms with Crippen LogP contribution in [-0.4, -0.2) is 41.5 Å². The number of ether oxygens (including phenoxy) is 2. The maximum absolute atomic E-state index is 12.1. The topological polar surface area (TPSA) is 56.1 Å². The third kappa shape index (κ3) is 2.20. The van der Waals surface area contributed by atoms with Crippen molar-refractivity contribution in [3.05, 3.63) is 40.8 Å². The predicted molar refractivity (Wildman–Crippen MR) is 77.5 cm³/mol. The van der Waals surface area contributed by atoms with Gasteiger partial charge in [0.05, 0.1) is 13.2 Å². The zero-order valence-electron chi connectivity index (χ0n) is 11.7. The Labute approximate surface area is 121 Å². The summed E-state index contributed by atoms with van der Waals surface area (Å²) in [5.41, 5.74) is 0.623. The molecule has 4 rings (SSSR count). The van der Waals surface area contributed by atoms with Crippen molar-refractivity contribution in [2.75, 3.05) is 31.2 Å². The van der Waals surface area contributed by atoms with E-state index in [1.807, 2.05) is 18.2 Å². The van der Waals surface area contributed by atoms with Gasteiger partial charge in [0, 0.05) is 38.2 Å². The molecule has 6 nitrogen and oxygen atoms in total. The van der Waals surface area contributed by atoms with Crippen molar-refractivity contribution in [3.63, 3.8) is 0 Å². The molecule has 2 fully saturated rings. The standard InChI is InChI=1S/C15H17N3O3/c19-14-11-13(16-12-3-1-2-6-18(12)14)17-7-4-15(5-8-17)20-9-10-21-15/h1-3,6,11H,4-5,7-10H2. The van der Waals surface area contributed by atoms with Gasteiger partial charge < -0.3 is 14.4 Å². The average molecular weight is 287 g/mol. The highest BCUT2D eigenvalue weighted by atomic mass is 16.7. The maximum atomic E-state index is 12.1. The summed E-state index contributed by atoms with van der Waals surface area (Å²) >= 11 is 0. The highest BCUT2D eigenvalue weighted by Crippen LogP contribution is 2.32. The molecule has 2 aliphatic heterocycles. The van der Waals surface area contributed by atoms with Gasteiger partial charge in [0.15, 0.2) is 5.79 Å². The van der Waals surface area contributed by atoms with Crippen molar-refractivity contribution < 1.29 is 9.47 Å². The zero-order valence-corrected chi connectivity index (χ0v) is 11.7. The fourth-order valence-corrected chi connectivity index (χ4v) is 3.07. The number of fused-ring (bicyclic) bond motifs is 1. The summed E-state index contributed by atoms with van der Waals surface area (Å²) in [6.07, 6.45) is 3.35. The minimum Gasteiger partial charge on any atom is -0.356 e. The molecule has 110 valence electrons. The molecule has 0 bridgehead atoms. The Morgan fingerprint density at radius 3 is 2.67 bits per heavy atom. The van der Waals surface area contributed by atoms with E-state index < -0.39 is 5.79 Å². The first-order valence-corrected chi connectivity index (χ1v) is 7.27. The first kappa shape index (κ1) is 12.8. The van der Waals surface area contributed by atoms with Crippen molar-refractivity contribution >= 4 is 11.5 Å². The number of anilines is 1. The molecule has 2 saturated heterocycles. The first-order valence-electron chi connectivity index (χ1n) is 7.27. The Balaban J connectivity index is 1.61. The Morgan fingerprint density at radius 1 is 1.14 bits per heavy atom. The van der Waals surface area contributed by atoms with Crippen LogP contribution >= 0.6 is 0 Å². The predicted octanol–water partition coefficient (Wildman–Crippen LogP) is 1.04. The van der Waals surface area contributed by atoms with Crippen LogP contribution in [0.4, 0.5) is 5.82 Å². The summed E-state index contributed by atoms with van der Waals surface area (Å²) in [5, 5.41) is 0. The lowest BCUT2D eigenvalue weighted by Crippen LogP contribution is -2.45. The maximum Gasteiger partial charge on any atom is 0.259 e. The van der Waals surface area contributed by atoms with Crippen LogP contribution in [0, 0.1) is 0 Å². The van der Waals surface area contributed by atoms with E-state index in [1.54, 1.807) is 16.7 Å². The number of nitrogens with zero attached hydrogens (tertiary/aromatic N) is 3. The van der Waals surface area contributed by atoms with Gasteiger partial charge in [0.2, 0.25) is 0 Å². The molecule has 0 radical (unpaired) electrons. The lowest BCUT2D eigenvalue weighted by molar-refractivity contribution is -0.169. The van der Waals surface area contributed by atoms with Crippen LogP contribution in [0.1, 0.15) is 12.8 Å². The number of pyridine rings is 1. The van der Waals surface area contributed by atoms with E-state index in [0.717, 1.165) is 31.7 Å². The Hall–Kier alpha value is -1.92. The summed E-state index contributed by atoms with van der Waals surface area (Å²) in [6.45, 7) is 2.93. The molecule has 0 N–H and O–H groups in total. The highest BCUT2D eigenvalue weighted by Gasteiger charge is 2.40. The molecule has 1 spiro atoms. The third-order valence-electron chi connectivity index (χ3n) is 4.22. The number of hydrogen-bond acceptors (Lipinski definition) is 5. The monoisotopic (exact) mass is 287 g/mol. The van der Waals surface area contributed by atoms with Crippen molar-refractivity contribution in [1.29, 1.82) is 0 Å². The van der Waals surface area contributed by atoms with E-state index in [1.165, 1.54) is 0 Å². The second-order valence-corrected chi connectivity index (χ2v) is 5.48. The van der Waals surface area contributed by atoms with E-state index in [4.69, 9.17) is 9.47 Å². The van der Waals surface area contributed by atoms with Crippen LogP contribution in [-0.2, 0) is 9.47 Å². The highest BCUT2D eigenvalue weighted by molar-refractivity contribution is 5.48. The lowest BCUT2D eigenvalue weighted by Gasteiger charge is -2.38. The summed E-state index contributed by atoms with van der Waals surface area (Å²) in [6, 6.07) is 7.16. The van der Waals surface area contributed by atoms with Crippen molar-refractivity contribution in [1.82, 2.24) is 9.38 Å². The minimum atomic E-state index is -0.400. The molecule has 0 atom stereocenters. The van der Waals surface area contributed by atoms with Gasteiger partial charge in [0.1, 0.15) is 11.5 Å². The van der Waals surface area contributed by atoms with Gasteiger partial charge in [-0.2, -0.15) is 0 Å².